The van der Waals surface area contributed by atoms with Crippen molar-refractivity contribution in [3.8, 4) is 11.5 Å². The molecule has 0 radical (unpaired) electrons. The summed E-state index contributed by atoms with van der Waals surface area (Å²) >= 11 is 0. The largest absolute Gasteiger partial charge is 0.457 e. The first-order valence-electron chi connectivity index (χ1n) is 12.0. The van der Waals surface area contributed by atoms with E-state index in [2.05, 4.69) is 16.0 Å². The van der Waals surface area contributed by atoms with E-state index in [1.165, 1.54) is 12.1 Å². The monoisotopic (exact) mass is 543 g/mol. The molecule has 3 amide bonds. The number of rotatable bonds is 6. The molecule has 5 rings (SSSR count). The van der Waals surface area contributed by atoms with Crippen LogP contribution in [-0.2, 0) is 20.4 Å². The Morgan fingerprint density at radius 1 is 0.795 bits per heavy atom. The van der Waals surface area contributed by atoms with Crippen LogP contribution in [0.1, 0.15) is 5.56 Å². The molecule has 3 aromatic carbocycles. The van der Waals surface area contributed by atoms with E-state index in [4.69, 9.17) is 18.9 Å². The fraction of sp³-hybridized carbons (Fsp3) is 0.259. The Labute approximate surface area is 221 Å². The van der Waals surface area contributed by atoms with Crippen LogP contribution >= 0.6 is 0 Å². The highest BCUT2D eigenvalue weighted by Crippen LogP contribution is 2.31. The van der Waals surface area contributed by atoms with E-state index in [9.17, 15) is 22.8 Å². The predicted octanol–water partition coefficient (Wildman–Crippen LogP) is 5.40. The number of amides is 3. The molecule has 4 atom stereocenters. The van der Waals surface area contributed by atoms with Gasteiger partial charge < -0.3 is 29.6 Å². The average Bonchev–Trinajstić information content (AvgIpc) is 3.48. The van der Waals surface area contributed by atoms with Crippen LogP contribution in [0.5, 0.6) is 11.5 Å². The van der Waals surface area contributed by atoms with Gasteiger partial charge in [0.15, 0.2) is 6.10 Å². The number of nitrogens with one attached hydrogen (secondary N) is 3. The lowest BCUT2D eigenvalue weighted by atomic mass is 10.1. The zero-order valence-corrected chi connectivity index (χ0v) is 20.3. The van der Waals surface area contributed by atoms with Crippen molar-refractivity contribution in [3.05, 3.63) is 84.4 Å². The first-order valence-corrected chi connectivity index (χ1v) is 12.0. The van der Waals surface area contributed by atoms with Crippen LogP contribution < -0.4 is 20.7 Å². The van der Waals surface area contributed by atoms with Crippen LogP contribution in [0.3, 0.4) is 0 Å². The van der Waals surface area contributed by atoms with Crippen molar-refractivity contribution in [3.63, 3.8) is 0 Å². The van der Waals surface area contributed by atoms with Gasteiger partial charge in [0.1, 0.15) is 23.7 Å². The number of fused-ring (bicyclic) bond motifs is 1. The zero-order chi connectivity index (χ0) is 27.4. The number of anilines is 2. The maximum Gasteiger partial charge on any atom is 0.416 e. The third-order valence-corrected chi connectivity index (χ3v) is 6.11. The Morgan fingerprint density at radius 2 is 1.51 bits per heavy atom. The number of carbonyl (C=O) groups is 2. The van der Waals surface area contributed by atoms with Crippen molar-refractivity contribution < 1.29 is 41.7 Å². The van der Waals surface area contributed by atoms with Gasteiger partial charge in [-0.3, -0.25) is 5.32 Å². The van der Waals surface area contributed by atoms with Gasteiger partial charge in [0, 0.05) is 11.4 Å². The number of para-hydroxylation sites is 1. The van der Waals surface area contributed by atoms with Gasteiger partial charge in [-0.05, 0) is 54.6 Å². The number of alkyl halides is 3. The van der Waals surface area contributed by atoms with Gasteiger partial charge in [-0.2, -0.15) is 13.2 Å². The molecule has 2 aliphatic rings. The molecule has 0 bridgehead atoms. The quantitative estimate of drug-likeness (QED) is 0.384. The molecule has 4 unspecified atom stereocenters. The highest BCUT2D eigenvalue weighted by atomic mass is 19.4. The minimum atomic E-state index is -4.53. The van der Waals surface area contributed by atoms with Crippen LogP contribution in [0.15, 0.2) is 78.9 Å². The van der Waals surface area contributed by atoms with E-state index in [-0.39, 0.29) is 18.9 Å². The summed E-state index contributed by atoms with van der Waals surface area (Å²) in [5.41, 5.74) is -0.393. The van der Waals surface area contributed by atoms with Crippen LogP contribution in [0.4, 0.5) is 34.1 Å². The van der Waals surface area contributed by atoms with Gasteiger partial charge in [-0.15, -0.1) is 0 Å². The molecule has 0 saturated carbocycles. The Kier molecular flexibility index (Phi) is 7.57. The maximum atomic E-state index is 12.9. The second-order valence-electron chi connectivity index (χ2n) is 8.89. The summed E-state index contributed by atoms with van der Waals surface area (Å²) in [6.45, 7) is 0.135. The van der Waals surface area contributed by atoms with Gasteiger partial charge >= 0.3 is 18.3 Å². The molecule has 2 aliphatic heterocycles. The van der Waals surface area contributed by atoms with E-state index in [1.807, 2.05) is 30.3 Å². The van der Waals surface area contributed by atoms with Gasteiger partial charge in [0.2, 0.25) is 0 Å². The van der Waals surface area contributed by atoms with Gasteiger partial charge in [0.05, 0.1) is 24.8 Å². The number of halogens is 3. The SMILES string of the molecule is O=C(Nc1cccc(C(F)(F)F)c1)NC1COC2C(OC(=O)Nc3ccc(Oc4ccccc4)cc3)COC12. The van der Waals surface area contributed by atoms with E-state index in [1.54, 1.807) is 24.3 Å². The molecule has 3 aromatic rings. The fourth-order valence-electron chi connectivity index (χ4n) is 4.31. The summed E-state index contributed by atoms with van der Waals surface area (Å²) in [5, 5.41) is 7.67. The number of hydrogen-bond acceptors (Lipinski definition) is 6. The number of hydrogen-bond donors (Lipinski definition) is 3. The van der Waals surface area contributed by atoms with Crippen LogP contribution in [0, 0.1) is 0 Å². The van der Waals surface area contributed by atoms with Crippen LogP contribution in [0.2, 0.25) is 0 Å². The number of ether oxygens (including phenoxy) is 4. The Balaban J connectivity index is 1.09. The molecule has 9 nitrogen and oxygen atoms in total. The number of carbonyl (C=O) groups excluding carboxylic acids is 2. The molecule has 2 fully saturated rings. The summed E-state index contributed by atoms with van der Waals surface area (Å²) in [5.74, 6) is 1.29. The normalized spacial score (nSPS) is 22.0. The van der Waals surface area contributed by atoms with Crippen molar-refractivity contribution in [2.45, 2.75) is 30.5 Å². The fourth-order valence-corrected chi connectivity index (χ4v) is 4.31. The Bertz CT molecular complexity index is 1310. The number of benzene rings is 3. The topological polar surface area (TPSA) is 107 Å². The van der Waals surface area contributed by atoms with Gasteiger partial charge in [-0.25, -0.2) is 9.59 Å². The minimum Gasteiger partial charge on any atom is -0.457 e. The molecule has 3 N–H and O–H groups in total. The third-order valence-electron chi connectivity index (χ3n) is 6.11. The molecule has 2 saturated heterocycles. The zero-order valence-electron chi connectivity index (χ0n) is 20.3. The lowest BCUT2D eigenvalue weighted by molar-refractivity contribution is -0.137. The summed E-state index contributed by atoms with van der Waals surface area (Å²) in [6.07, 6.45) is -7.15. The molecule has 0 aliphatic carbocycles. The summed E-state index contributed by atoms with van der Waals surface area (Å²) in [7, 11) is 0. The van der Waals surface area contributed by atoms with Crippen molar-refractivity contribution in [2.75, 3.05) is 23.8 Å². The summed E-state index contributed by atoms with van der Waals surface area (Å²) < 4.78 is 61.3. The van der Waals surface area contributed by atoms with Crippen molar-refractivity contribution in [1.82, 2.24) is 5.32 Å². The predicted molar refractivity (Wildman–Crippen MR) is 134 cm³/mol. The van der Waals surface area contributed by atoms with E-state index >= 15 is 0 Å². The van der Waals surface area contributed by atoms with Crippen molar-refractivity contribution >= 4 is 23.5 Å². The first-order chi connectivity index (χ1) is 18.7. The van der Waals surface area contributed by atoms with Crippen molar-refractivity contribution in [1.29, 1.82) is 0 Å². The molecular formula is C27H24F3N3O6. The van der Waals surface area contributed by atoms with Gasteiger partial charge in [-0.1, -0.05) is 24.3 Å². The lowest BCUT2D eigenvalue weighted by Crippen LogP contribution is -2.46. The van der Waals surface area contributed by atoms with E-state index < -0.39 is 48.2 Å². The third kappa shape index (κ3) is 6.59. The highest BCUT2D eigenvalue weighted by Gasteiger charge is 2.50. The summed E-state index contributed by atoms with van der Waals surface area (Å²) in [6, 6.07) is 19.0. The lowest BCUT2D eigenvalue weighted by Gasteiger charge is -2.18. The van der Waals surface area contributed by atoms with Crippen LogP contribution in [0.25, 0.3) is 0 Å². The molecule has 0 spiro atoms. The Hall–Kier alpha value is -4.29. The molecule has 2 heterocycles. The molecule has 39 heavy (non-hydrogen) atoms. The minimum absolute atomic E-state index is 0.0114. The molecule has 204 valence electrons. The molecule has 12 heteroatoms. The summed E-state index contributed by atoms with van der Waals surface area (Å²) in [4.78, 5) is 24.8. The first kappa shape index (κ1) is 26.3. The van der Waals surface area contributed by atoms with Crippen LogP contribution in [-0.4, -0.2) is 49.7 Å². The van der Waals surface area contributed by atoms with E-state index in [0.29, 0.717) is 17.2 Å². The van der Waals surface area contributed by atoms with E-state index in [0.717, 1.165) is 12.1 Å². The standard InChI is InChI=1S/C27H24F3N3O6/c28-27(29,30)16-5-4-6-18(13-16)31-25(34)33-21-14-36-24-22(15-37-23(21)24)39-26(35)32-17-9-11-20(12-10-17)38-19-7-2-1-3-8-19/h1-13,21-24H,14-15H2,(H,32,35)(H2,31,33,34). The Morgan fingerprint density at radius 3 is 2.26 bits per heavy atom. The van der Waals surface area contributed by atoms with Gasteiger partial charge in [0.25, 0.3) is 0 Å². The second kappa shape index (κ2) is 11.2. The second-order valence-corrected chi connectivity index (χ2v) is 8.89. The number of urea groups is 1. The highest BCUT2D eigenvalue weighted by molar-refractivity contribution is 5.89. The average molecular weight is 543 g/mol. The molecular weight excluding hydrogens is 519 g/mol. The van der Waals surface area contributed by atoms with Crippen molar-refractivity contribution in [2.24, 2.45) is 0 Å². The maximum absolute atomic E-state index is 12.9. The smallest absolute Gasteiger partial charge is 0.416 e. The molecule has 0 aromatic heterocycles.